The molecule has 0 radical (unpaired) electrons. The third kappa shape index (κ3) is 4.20. The van der Waals surface area contributed by atoms with Crippen LogP contribution in [0.4, 0.5) is 24.5 Å². The zero-order valence-corrected chi connectivity index (χ0v) is 14.2. The van der Waals surface area contributed by atoms with E-state index in [9.17, 15) is 13.2 Å². The summed E-state index contributed by atoms with van der Waals surface area (Å²) in [5.74, 6) is 0. The number of alkyl halides is 3. The minimum atomic E-state index is -4.39. The first-order valence-corrected chi connectivity index (χ1v) is 7.54. The smallest absolute Gasteiger partial charge is 0.388 e. The molecule has 0 saturated carbocycles. The molecule has 2 aromatic carbocycles. The molecule has 0 heterocycles. The Labute approximate surface area is 143 Å². The van der Waals surface area contributed by atoms with Crippen LogP contribution in [0.1, 0.15) is 18.1 Å². The Morgan fingerprint density at radius 1 is 1.17 bits per heavy atom. The lowest BCUT2D eigenvalue weighted by atomic mass is 10.1. The van der Waals surface area contributed by atoms with Crippen LogP contribution < -0.4 is 10.3 Å². The molecule has 3 nitrogen and oxygen atoms in total. The van der Waals surface area contributed by atoms with Gasteiger partial charge in [-0.2, -0.15) is 18.3 Å². The van der Waals surface area contributed by atoms with E-state index < -0.39 is 11.7 Å². The van der Waals surface area contributed by atoms with Crippen molar-refractivity contribution in [3.8, 4) is 0 Å². The maximum Gasteiger partial charge on any atom is 0.416 e. The standard InChI is InChI=1S/C17H17ClF3N3/c1-11(15-10-13(18)7-8-16(15)22-2)23-24(3)14-6-4-5-12(9-14)17(19,20)21/h4-10,22H,1-3H3/b23-11+. The monoisotopic (exact) mass is 355 g/mol. The molecule has 0 aliphatic heterocycles. The maximum atomic E-state index is 12.8. The minimum Gasteiger partial charge on any atom is -0.388 e. The third-order valence-electron chi connectivity index (χ3n) is 3.49. The van der Waals surface area contributed by atoms with Gasteiger partial charge in [-0.25, -0.2) is 0 Å². The van der Waals surface area contributed by atoms with Crippen molar-refractivity contribution in [2.45, 2.75) is 13.1 Å². The fourth-order valence-corrected chi connectivity index (χ4v) is 2.43. The number of nitrogens with one attached hydrogen (secondary N) is 1. The lowest BCUT2D eigenvalue weighted by Gasteiger charge is -2.17. The summed E-state index contributed by atoms with van der Waals surface area (Å²) >= 11 is 6.02. The fourth-order valence-electron chi connectivity index (χ4n) is 2.25. The van der Waals surface area contributed by atoms with Crippen LogP contribution in [-0.4, -0.2) is 19.8 Å². The van der Waals surface area contributed by atoms with Crippen LogP contribution in [0.5, 0.6) is 0 Å². The summed E-state index contributed by atoms with van der Waals surface area (Å²) in [6.07, 6.45) is -4.39. The van der Waals surface area contributed by atoms with Gasteiger partial charge in [0.15, 0.2) is 0 Å². The highest BCUT2D eigenvalue weighted by molar-refractivity contribution is 6.31. The highest BCUT2D eigenvalue weighted by Crippen LogP contribution is 2.31. The van der Waals surface area contributed by atoms with Gasteiger partial charge in [0.2, 0.25) is 0 Å². The molecule has 0 saturated heterocycles. The van der Waals surface area contributed by atoms with Gasteiger partial charge in [0.1, 0.15) is 0 Å². The van der Waals surface area contributed by atoms with Crippen molar-refractivity contribution in [3.63, 3.8) is 0 Å². The number of hydrazone groups is 1. The van der Waals surface area contributed by atoms with Crippen molar-refractivity contribution in [1.29, 1.82) is 0 Å². The zero-order valence-electron chi connectivity index (χ0n) is 13.4. The van der Waals surface area contributed by atoms with Gasteiger partial charge in [0.25, 0.3) is 0 Å². The molecule has 0 unspecified atom stereocenters. The van der Waals surface area contributed by atoms with Crippen LogP contribution in [0.2, 0.25) is 5.02 Å². The van der Waals surface area contributed by atoms with Crippen molar-refractivity contribution >= 4 is 28.7 Å². The van der Waals surface area contributed by atoms with Crippen molar-refractivity contribution in [2.24, 2.45) is 5.10 Å². The topological polar surface area (TPSA) is 27.6 Å². The van der Waals surface area contributed by atoms with E-state index in [1.54, 1.807) is 39.2 Å². The zero-order chi connectivity index (χ0) is 17.9. The summed E-state index contributed by atoms with van der Waals surface area (Å²) in [6, 6.07) is 10.4. The molecule has 128 valence electrons. The number of rotatable bonds is 4. The van der Waals surface area contributed by atoms with E-state index in [0.717, 1.165) is 23.4 Å². The lowest BCUT2D eigenvalue weighted by molar-refractivity contribution is -0.137. The first-order chi connectivity index (χ1) is 11.2. The molecule has 0 bridgehead atoms. The molecule has 0 spiro atoms. The molecule has 1 N–H and O–H groups in total. The number of anilines is 2. The predicted molar refractivity (Wildman–Crippen MR) is 93.1 cm³/mol. The highest BCUT2D eigenvalue weighted by Gasteiger charge is 2.30. The SMILES string of the molecule is CNc1ccc(Cl)cc1/C(C)=N/N(C)c1cccc(C(F)(F)F)c1. The number of hydrogen-bond donors (Lipinski definition) is 1. The molecular formula is C17H17ClF3N3. The molecule has 0 fully saturated rings. The van der Waals surface area contributed by atoms with E-state index in [0.29, 0.717) is 16.4 Å². The second kappa shape index (κ2) is 7.13. The van der Waals surface area contributed by atoms with Gasteiger partial charge in [-0.3, -0.25) is 5.01 Å². The molecule has 2 aromatic rings. The van der Waals surface area contributed by atoms with Gasteiger partial charge in [0, 0.05) is 30.4 Å². The normalized spacial score (nSPS) is 12.2. The van der Waals surface area contributed by atoms with Gasteiger partial charge in [-0.1, -0.05) is 17.7 Å². The van der Waals surface area contributed by atoms with E-state index in [1.165, 1.54) is 11.1 Å². The maximum absolute atomic E-state index is 12.8. The summed E-state index contributed by atoms with van der Waals surface area (Å²) in [7, 11) is 3.37. The van der Waals surface area contributed by atoms with E-state index in [-0.39, 0.29) is 0 Å². The van der Waals surface area contributed by atoms with Crippen LogP contribution in [0.15, 0.2) is 47.6 Å². The lowest BCUT2D eigenvalue weighted by Crippen LogP contribution is -2.14. The summed E-state index contributed by atoms with van der Waals surface area (Å²) in [4.78, 5) is 0. The van der Waals surface area contributed by atoms with Gasteiger partial charge in [-0.15, -0.1) is 0 Å². The Balaban J connectivity index is 2.36. The van der Waals surface area contributed by atoms with Gasteiger partial charge < -0.3 is 5.32 Å². The molecule has 7 heteroatoms. The van der Waals surface area contributed by atoms with Gasteiger partial charge in [0.05, 0.1) is 17.0 Å². The van der Waals surface area contributed by atoms with Crippen LogP contribution in [0.25, 0.3) is 0 Å². The van der Waals surface area contributed by atoms with Crippen LogP contribution in [-0.2, 0) is 6.18 Å². The Morgan fingerprint density at radius 3 is 2.50 bits per heavy atom. The summed E-state index contributed by atoms with van der Waals surface area (Å²) in [5, 5.41) is 9.38. The average Bonchev–Trinajstić information content (AvgIpc) is 2.54. The molecule has 2 rings (SSSR count). The molecule has 0 aliphatic carbocycles. The largest absolute Gasteiger partial charge is 0.416 e. The van der Waals surface area contributed by atoms with Gasteiger partial charge in [-0.05, 0) is 43.3 Å². The van der Waals surface area contributed by atoms with Crippen LogP contribution in [0.3, 0.4) is 0 Å². The Morgan fingerprint density at radius 2 is 1.88 bits per heavy atom. The second-order valence-corrected chi connectivity index (χ2v) is 5.63. The first-order valence-electron chi connectivity index (χ1n) is 7.16. The summed E-state index contributed by atoms with van der Waals surface area (Å²) < 4.78 is 38.5. The third-order valence-corrected chi connectivity index (χ3v) is 3.72. The van der Waals surface area contributed by atoms with Crippen LogP contribution in [0, 0.1) is 0 Å². The van der Waals surface area contributed by atoms with E-state index in [4.69, 9.17) is 11.6 Å². The average molecular weight is 356 g/mol. The van der Waals surface area contributed by atoms with Crippen molar-refractivity contribution < 1.29 is 13.2 Å². The van der Waals surface area contributed by atoms with Crippen molar-refractivity contribution in [3.05, 3.63) is 58.6 Å². The second-order valence-electron chi connectivity index (χ2n) is 5.20. The minimum absolute atomic E-state index is 0.345. The number of nitrogens with zero attached hydrogens (tertiary/aromatic N) is 2. The summed E-state index contributed by atoms with van der Waals surface area (Å²) in [5.41, 5.74) is 1.87. The van der Waals surface area contributed by atoms with E-state index in [2.05, 4.69) is 10.4 Å². The molecule has 0 amide bonds. The predicted octanol–water partition coefficient (Wildman–Crippen LogP) is 5.26. The molecular weight excluding hydrogens is 339 g/mol. The van der Waals surface area contributed by atoms with Crippen molar-refractivity contribution in [2.75, 3.05) is 24.4 Å². The fraction of sp³-hybridized carbons (Fsp3) is 0.235. The molecule has 0 atom stereocenters. The first kappa shape index (κ1) is 18.1. The van der Waals surface area contributed by atoms with Crippen LogP contribution >= 0.6 is 11.6 Å². The Kier molecular flexibility index (Phi) is 5.39. The quantitative estimate of drug-likeness (QED) is 0.598. The number of halogens is 4. The number of hydrogen-bond acceptors (Lipinski definition) is 3. The highest BCUT2D eigenvalue weighted by atomic mass is 35.5. The molecule has 0 aliphatic rings. The Bertz CT molecular complexity index is 757. The molecule has 24 heavy (non-hydrogen) atoms. The van der Waals surface area contributed by atoms with Crippen molar-refractivity contribution in [1.82, 2.24) is 0 Å². The summed E-state index contributed by atoms with van der Waals surface area (Å²) in [6.45, 7) is 1.77. The van der Waals surface area contributed by atoms with E-state index in [1.807, 2.05) is 6.07 Å². The Hall–Kier alpha value is -2.21. The van der Waals surface area contributed by atoms with Gasteiger partial charge >= 0.3 is 6.18 Å². The number of benzene rings is 2. The van der Waals surface area contributed by atoms with E-state index >= 15 is 0 Å². The molecule has 0 aromatic heterocycles.